The van der Waals surface area contributed by atoms with E-state index in [9.17, 15) is 0 Å². The summed E-state index contributed by atoms with van der Waals surface area (Å²) in [6.07, 6.45) is 6.99. The van der Waals surface area contributed by atoms with Crippen LogP contribution in [-0.2, 0) is 0 Å². The minimum atomic E-state index is 0.533. The van der Waals surface area contributed by atoms with Crippen molar-refractivity contribution in [2.24, 2.45) is 5.92 Å². The second-order valence-electron chi connectivity index (χ2n) is 2.99. The fraction of sp³-hybridized carbons (Fsp3) is 0.636. The van der Waals surface area contributed by atoms with Gasteiger partial charge in [0.1, 0.15) is 0 Å². The number of hydrogen-bond donors (Lipinski definition) is 0. The topological polar surface area (TPSA) is 0 Å². The summed E-state index contributed by atoms with van der Waals surface area (Å²) in [5.41, 5.74) is 0. The van der Waals surface area contributed by atoms with Crippen LogP contribution in [0.5, 0.6) is 0 Å². The molecule has 0 nitrogen and oxygen atoms in total. The zero-order valence-electron chi connectivity index (χ0n) is 8.88. The molecule has 0 rings (SSSR count). The Labute approximate surface area is 93.4 Å². The van der Waals surface area contributed by atoms with E-state index >= 15 is 0 Å². The standard InChI is InChI=1S/C11H20SSe/c1-5-7-8-12-11(13-4)9-10(3)6-2/h6,9-10H,2,5,7-8H2,1,3-4H3/b11-9-. The molecule has 0 spiro atoms. The summed E-state index contributed by atoms with van der Waals surface area (Å²) in [4.78, 5) is 0. The van der Waals surface area contributed by atoms with Crippen molar-refractivity contribution >= 4 is 26.7 Å². The maximum atomic E-state index is 3.80. The summed E-state index contributed by atoms with van der Waals surface area (Å²) in [7, 11) is 0. The van der Waals surface area contributed by atoms with Crippen LogP contribution in [0.3, 0.4) is 0 Å². The fourth-order valence-corrected chi connectivity index (χ4v) is 3.84. The molecule has 0 amide bonds. The van der Waals surface area contributed by atoms with E-state index in [1.807, 2.05) is 17.8 Å². The Balaban J connectivity index is 3.86. The van der Waals surface area contributed by atoms with Crippen molar-refractivity contribution < 1.29 is 0 Å². The third kappa shape index (κ3) is 7.42. The van der Waals surface area contributed by atoms with Gasteiger partial charge in [-0.3, -0.25) is 0 Å². The molecular formula is C11H20SSe. The predicted octanol–water partition coefficient (Wildman–Crippen LogP) is 3.94. The molecule has 0 aliphatic heterocycles. The van der Waals surface area contributed by atoms with Gasteiger partial charge >= 0.3 is 93.4 Å². The van der Waals surface area contributed by atoms with E-state index < -0.39 is 0 Å². The first-order chi connectivity index (χ1) is 6.24. The van der Waals surface area contributed by atoms with Gasteiger partial charge in [-0.1, -0.05) is 0 Å². The van der Waals surface area contributed by atoms with Crippen LogP contribution in [0, 0.1) is 5.92 Å². The van der Waals surface area contributed by atoms with Gasteiger partial charge in [0.05, 0.1) is 0 Å². The molecule has 0 aromatic heterocycles. The summed E-state index contributed by atoms with van der Waals surface area (Å²) in [6.45, 7) is 8.23. The van der Waals surface area contributed by atoms with E-state index in [0.29, 0.717) is 20.9 Å². The molecule has 2 heteroatoms. The molecule has 1 atom stereocenters. The first-order valence-corrected chi connectivity index (χ1v) is 8.31. The second kappa shape index (κ2) is 8.93. The molecule has 0 aliphatic rings. The van der Waals surface area contributed by atoms with Crippen LogP contribution in [0.2, 0.25) is 5.82 Å². The molecule has 0 aromatic rings. The van der Waals surface area contributed by atoms with E-state index in [-0.39, 0.29) is 0 Å². The van der Waals surface area contributed by atoms with Gasteiger partial charge in [0.2, 0.25) is 0 Å². The average molecular weight is 263 g/mol. The van der Waals surface area contributed by atoms with Crippen molar-refractivity contribution in [3.05, 3.63) is 22.5 Å². The zero-order valence-corrected chi connectivity index (χ0v) is 11.4. The summed E-state index contributed by atoms with van der Waals surface area (Å²) >= 11 is 2.68. The van der Waals surface area contributed by atoms with Crippen molar-refractivity contribution in [1.29, 1.82) is 0 Å². The number of hydrogen-bond acceptors (Lipinski definition) is 1. The molecule has 0 radical (unpaired) electrons. The van der Waals surface area contributed by atoms with Gasteiger partial charge in [-0.2, -0.15) is 0 Å². The van der Waals surface area contributed by atoms with Gasteiger partial charge < -0.3 is 0 Å². The summed E-state index contributed by atoms with van der Waals surface area (Å²) in [6, 6.07) is 0. The van der Waals surface area contributed by atoms with Crippen molar-refractivity contribution in [2.75, 3.05) is 5.75 Å². The molecule has 13 heavy (non-hydrogen) atoms. The normalized spacial score (nSPS) is 14.2. The van der Waals surface area contributed by atoms with Crippen molar-refractivity contribution in [3.63, 3.8) is 0 Å². The minimum absolute atomic E-state index is 0.533. The number of rotatable bonds is 7. The van der Waals surface area contributed by atoms with Crippen molar-refractivity contribution in [1.82, 2.24) is 0 Å². The zero-order chi connectivity index (χ0) is 10.1. The average Bonchev–Trinajstić information content (AvgIpc) is 2.16. The number of unbranched alkanes of at least 4 members (excludes halogenated alkanes) is 1. The van der Waals surface area contributed by atoms with Crippen LogP contribution in [0.15, 0.2) is 22.5 Å². The fourth-order valence-electron chi connectivity index (χ4n) is 0.775. The molecule has 0 heterocycles. The predicted molar refractivity (Wildman–Crippen MR) is 66.4 cm³/mol. The Morgan fingerprint density at radius 3 is 2.77 bits per heavy atom. The van der Waals surface area contributed by atoms with Crippen LogP contribution in [0.4, 0.5) is 0 Å². The van der Waals surface area contributed by atoms with Crippen LogP contribution in [0.1, 0.15) is 26.7 Å². The third-order valence-corrected chi connectivity index (χ3v) is 5.37. The monoisotopic (exact) mass is 264 g/mol. The molecule has 0 bridgehead atoms. The van der Waals surface area contributed by atoms with Crippen molar-refractivity contribution in [3.8, 4) is 0 Å². The molecule has 0 saturated heterocycles. The summed E-state index contributed by atoms with van der Waals surface area (Å²) in [5.74, 6) is 4.10. The van der Waals surface area contributed by atoms with Crippen LogP contribution >= 0.6 is 11.8 Å². The van der Waals surface area contributed by atoms with Crippen LogP contribution < -0.4 is 0 Å². The second-order valence-corrected chi connectivity index (χ2v) is 6.49. The van der Waals surface area contributed by atoms with Crippen molar-refractivity contribution in [2.45, 2.75) is 32.5 Å². The number of thioether (sulfide) groups is 1. The molecule has 1 unspecified atom stereocenters. The van der Waals surface area contributed by atoms with Gasteiger partial charge in [-0.15, -0.1) is 0 Å². The molecule has 0 N–H and O–H groups in total. The molecule has 0 aliphatic carbocycles. The Morgan fingerprint density at radius 1 is 1.62 bits per heavy atom. The molecule has 0 fully saturated rings. The molecule has 0 saturated carbocycles. The Kier molecular flexibility index (Phi) is 9.17. The Hall–Kier alpha value is 0.349. The van der Waals surface area contributed by atoms with E-state index in [2.05, 4.69) is 32.3 Å². The summed E-state index contributed by atoms with van der Waals surface area (Å²) in [5, 5.41) is 0. The number of allylic oxidation sites excluding steroid dienone is 2. The Morgan fingerprint density at radius 2 is 2.31 bits per heavy atom. The SMILES string of the molecule is C=CC(C)/C=C(/SCCCC)[Se]C. The van der Waals surface area contributed by atoms with Crippen LogP contribution in [-0.4, -0.2) is 20.7 Å². The first kappa shape index (κ1) is 13.3. The van der Waals surface area contributed by atoms with Gasteiger partial charge in [0.25, 0.3) is 0 Å². The van der Waals surface area contributed by atoms with Crippen LogP contribution in [0.25, 0.3) is 0 Å². The van der Waals surface area contributed by atoms with E-state index in [4.69, 9.17) is 0 Å². The first-order valence-electron chi connectivity index (χ1n) is 4.75. The van der Waals surface area contributed by atoms with E-state index in [0.717, 1.165) is 0 Å². The van der Waals surface area contributed by atoms with Gasteiger partial charge in [-0.25, -0.2) is 0 Å². The third-order valence-electron chi connectivity index (χ3n) is 1.71. The Bertz CT molecular complexity index is 163. The van der Waals surface area contributed by atoms with Gasteiger partial charge in [0.15, 0.2) is 0 Å². The quantitative estimate of drug-likeness (QED) is 0.381. The van der Waals surface area contributed by atoms with Gasteiger partial charge in [-0.05, 0) is 0 Å². The van der Waals surface area contributed by atoms with E-state index in [1.165, 1.54) is 18.6 Å². The molecular weight excluding hydrogens is 243 g/mol. The summed E-state index contributed by atoms with van der Waals surface area (Å²) < 4.78 is 1.58. The van der Waals surface area contributed by atoms with Gasteiger partial charge in [0, 0.05) is 0 Å². The molecule has 76 valence electrons. The van der Waals surface area contributed by atoms with E-state index in [1.54, 1.807) is 3.80 Å². The maximum absolute atomic E-state index is 3.80. The molecule has 0 aromatic carbocycles.